The maximum absolute atomic E-state index is 12.0. The first-order chi connectivity index (χ1) is 7.91. The molecule has 3 nitrogen and oxygen atoms in total. The molecule has 1 N–H and O–H groups in total. The summed E-state index contributed by atoms with van der Waals surface area (Å²) in [5.41, 5.74) is 0. The number of hydrogen-bond acceptors (Lipinski definition) is 2. The van der Waals surface area contributed by atoms with Crippen molar-refractivity contribution < 1.29 is 18.0 Å². The second kappa shape index (κ2) is 7.93. The molecule has 0 aliphatic heterocycles. The standard InChI is InChI=1S/C11H16F3N2O/c1-2-3-6-9(7-4-5-8-15)16-10(17)11(12,13)14/h4,9H,2-3,5-7H2,1H3,(H,16,17). The first-order valence-electron chi connectivity index (χ1n) is 5.48. The van der Waals surface area contributed by atoms with Crippen LogP contribution in [-0.4, -0.2) is 18.1 Å². The van der Waals surface area contributed by atoms with Crippen molar-refractivity contribution in [3.63, 3.8) is 0 Å². The van der Waals surface area contributed by atoms with E-state index in [2.05, 4.69) is 0 Å². The molecule has 0 aromatic carbocycles. The molecule has 0 aliphatic carbocycles. The average Bonchev–Trinajstić information content (AvgIpc) is 2.24. The Balaban J connectivity index is 4.18. The molecule has 6 heteroatoms. The van der Waals surface area contributed by atoms with Gasteiger partial charge in [-0.1, -0.05) is 19.8 Å². The van der Waals surface area contributed by atoms with E-state index in [4.69, 9.17) is 5.26 Å². The summed E-state index contributed by atoms with van der Waals surface area (Å²) in [5.74, 6) is -1.91. The number of amides is 1. The van der Waals surface area contributed by atoms with Crippen molar-refractivity contribution in [1.82, 2.24) is 5.32 Å². The van der Waals surface area contributed by atoms with E-state index in [1.54, 1.807) is 6.42 Å². The molecule has 0 heterocycles. The third kappa shape index (κ3) is 7.61. The largest absolute Gasteiger partial charge is 0.471 e. The van der Waals surface area contributed by atoms with Gasteiger partial charge in [0.2, 0.25) is 0 Å². The van der Waals surface area contributed by atoms with Gasteiger partial charge in [0.1, 0.15) is 0 Å². The van der Waals surface area contributed by atoms with Crippen molar-refractivity contribution in [2.24, 2.45) is 0 Å². The highest BCUT2D eigenvalue weighted by Gasteiger charge is 2.39. The minimum Gasteiger partial charge on any atom is -0.346 e. The summed E-state index contributed by atoms with van der Waals surface area (Å²) in [6.07, 6.45) is -0.739. The highest BCUT2D eigenvalue weighted by Crippen LogP contribution is 2.16. The number of alkyl halides is 3. The summed E-state index contributed by atoms with van der Waals surface area (Å²) in [5, 5.41) is 10.3. The zero-order chi connectivity index (χ0) is 13.3. The van der Waals surface area contributed by atoms with E-state index in [-0.39, 0.29) is 12.8 Å². The minimum absolute atomic E-state index is 0.171. The lowest BCUT2D eigenvalue weighted by Crippen LogP contribution is -2.43. The normalized spacial score (nSPS) is 12.9. The van der Waals surface area contributed by atoms with Gasteiger partial charge in [-0.3, -0.25) is 4.79 Å². The lowest BCUT2D eigenvalue weighted by Gasteiger charge is -2.18. The fraction of sp³-hybridized carbons (Fsp3) is 0.727. The molecule has 1 atom stereocenters. The molecule has 0 fully saturated rings. The number of carbonyl (C=O) groups excluding carboxylic acids is 1. The Morgan fingerprint density at radius 3 is 2.65 bits per heavy atom. The third-order valence-corrected chi connectivity index (χ3v) is 2.19. The van der Waals surface area contributed by atoms with Gasteiger partial charge in [-0.15, -0.1) is 0 Å². The molecule has 1 unspecified atom stereocenters. The molecule has 0 aromatic rings. The average molecular weight is 249 g/mol. The van der Waals surface area contributed by atoms with Gasteiger partial charge < -0.3 is 5.32 Å². The van der Waals surface area contributed by atoms with Crippen molar-refractivity contribution in [2.75, 3.05) is 0 Å². The van der Waals surface area contributed by atoms with Crippen molar-refractivity contribution >= 4 is 5.91 Å². The van der Waals surface area contributed by atoms with Crippen LogP contribution in [-0.2, 0) is 4.79 Å². The molecular formula is C11H16F3N2O. The van der Waals surface area contributed by atoms with Crippen molar-refractivity contribution in [2.45, 2.75) is 51.2 Å². The first-order valence-corrected chi connectivity index (χ1v) is 5.48. The Bertz CT molecular complexity index is 271. The minimum atomic E-state index is -4.85. The van der Waals surface area contributed by atoms with Crippen LogP contribution in [0.3, 0.4) is 0 Å². The Kier molecular flexibility index (Phi) is 7.35. The van der Waals surface area contributed by atoms with Crippen molar-refractivity contribution in [3.8, 4) is 6.07 Å². The Labute approximate surface area is 99.0 Å². The summed E-state index contributed by atoms with van der Waals surface area (Å²) < 4.78 is 36.1. The molecular weight excluding hydrogens is 233 g/mol. The first kappa shape index (κ1) is 15.8. The molecule has 1 amide bonds. The topological polar surface area (TPSA) is 52.9 Å². The van der Waals surface area contributed by atoms with E-state index in [0.717, 1.165) is 12.8 Å². The van der Waals surface area contributed by atoms with Crippen LogP contribution in [0.2, 0.25) is 0 Å². The van der Waals surface area contributed by atoms with Gasteiger partial charge in [0, 0.05) is 12.5 Å². The van der Waals surface area contributed by atoms with Crippen LogP contribution in [0.25, 0.3) is 0 Å². The molecule has 0 aromatic heterocycles. The second-order valence-corrected chi connectivity index (χ2v) is 3.70. The van der Waals surface area contributed by atoms with E-state index in [9.17, 15) is 18.0 Å². The number of halogens is 3. The number of unbranched alkanes of at least 4 members (excludes halogenated alkanes) is 2. The van der Waals surface area contributed by atoms with Gasteiger partial charge in [0.15, 0.2) is 0 Å². The lowest BCUT2D eigenvalue weighted by molar-refractivity contribution is -0.174. The smallest absolute Gasteiger partial charge is 0.346 e. The van der Waals surface area contributed by atoms with Gasteiger partial charge >= 0.3 is 12.1 Å². The van der Waals surface area contributed by atoms with Gasteiger partial charge in [0.05, 0.1) is 6.07 Å². The SMILES string of the molecule is CCCCC(C[CH]CC#N)NC(=O)C(F)(F)F. The van der Waals surface area contributed by atoms with Crippen LogP contribution in [0.15, 0.2) is 0 Å². The van der Waals surface area contributed by atoms with Crippen molar-refractivity contribution in [3.05, 3.63) is 6.42 Å². The van der Waals surface area contributed by atoms with Gasteiger partial charge in [-0.2, -0.15) is 18.4 Å². The van der Waals surface area contributed by atoms with Crippen LogP contribution in [0.5, 0.6) is 0 Å². The molecule has 0 bridgehead atoms. The summed E-state index contributed by atoms with van der Waals surface area (Å²) in [7, 11) is 0. The molecule has 0 rings (SSSR count). The molecule has 0 saturated carbocycles. The third-order valence-electron chi connectivity index (χ3n) is 2.19. The number of nitrogens with one attached hydrogen (secondary N) is 1. The highest BCUT2D eigenvalue weighted by molar-refractivity contribution is 5.81. The lowest BCUT2D eigenvalue weighted by atomic mass is 10.0. The monoisotopic (exact) mass is 249 g/mol. The molecule has 0 spiro atoms. The maximum Gasteiger partial charge on any atom is 0.471 e. The molecule has 17 heavy (non-hydrogen) atoms. The summed E-state index contributed by atoms with van der Waals surface area (Å²) >= 11 is 0. The Morgan fingerprint density at radius 2 is 2.18 bits per heavy atom. The number of nitriles is 1. The number of hydrogen-bond donors (Lipinski definition) is 1. The summed E-state index contributed by atoms with van der Waals surface area (Å²) in [6, 6.07) is 1.33. The molecule has 97 valence electrons. The van der Waals surface area contributed by atoms with Gasteiger partial charge in [0.25, 0.3) is 0 Å². The van der Waals surface area contributed by atoms with E-state index in [1.807, 2.05) is 18.3 Å². The zero-order valence-corrected chi connectivity index (χ0v) is 9.68. The molecule has 0 aliphatic rings. The summed E-state index contributed by atoms with van der Waals surface area (Å²) in [4.78, 5) is 10.8. The van der Waals surface area contributed by atoms with E-state index in [0.29, 0.717) is 6.42 Å². The molecule has 1 radical (unpaired) electrons. The van der Waals surface area contributed by atoms with Crippen LogP contribution in [0.4, 0.5) is 13.2 Å². The quantitative estimate of drug-likeness (QED) is 0.705. The predicted molar refractivity (Wildman–Crippen MR) is 56.7 cm³/mol. The van der Waals surface area contributed by atoms with E-state index < -0.39 is 18.1 Å². The Morgan fingerprint density at radius 1 is 1.53 bits per heavy atom. The maximum atomic E-state index is 12.0. The number of nitrogens with zero attached hydrogens (tertiary/aromatic N) is 1. The van der Waals surface area contributed by atoms with Crippen LogP contribution in [0, 0.1) is 17.8 Å². The van der Waals surface area contributed by atoms with Crippen LogP contribution < -0.4 is 5.32 Å². The number of carbonyl (C=O) groups is 1. The zero-order valence-electron chi connectivity index (χ0n) is 9.68. The second-order valence-electron chi connectivity index (χ2n) is 3.70. The number of rotatable bonds is 7. The van der Waals surface area contributed by atoms with E-state index in [1.165, 1.54) is 0 Å². The van der Waals surface area contributed by atoms with Gasteiger partial charge in [-0.05, 0) is 19.3 Å². The highest BCUT2D eigenvalue weighted by atomic mass is 19.4. The van der Waals surface area contributed by atoms with E-state index >= 15 is 0 Å². The van der Waals surface area contributed by atoms with Gasteiger partial charge in [-0.25, -0.2) is 0 Å². The summed E-state index contributed by atoms with van der Waals surface area (Å²) in [6.45, 7) is 1.92. The molecule has 0 saturated heterocycles. The Hall–Kier alpha value is -1.25. The predicted octanol–water partition coefficient (Wildman–Crippen LogP) is 2.73. The van der Waals surface area contributed by atoms with Crippen LogP contribution >= 0.6 is 0 Å². The fourth-order valence-electron chi connectivity index (χ4n) is 1.32. The van der Waals surface area contributed by atoms with Crippen molar-refractivity contribution in [1.29, 1.82) is 5.26 Å². The fourth-order valence-corrected chi connectivity index (χ4v) is 1.32. The van der Waals surface area contributed by atoms with Crippen LogP contribution in [0.1, 0.15) is 39.0 Å².